The number of anilines is 1. The first-order valence-electron chi connectivity index (χ1n) is 8.94. The molecular weight excluding hydrogens is 335 g/mol. The smallest absolute Gasteiger partial charge is 0.258 e. The molecular formula is C19H21FN4O2. The molecule has 0 unspecified atom stereocenters. The highest BCUT2D eigenvalue weighted by atomic mass is 19.1. The van der Waals surface area contributed by atoms with E-state index in [0.29, 0.717) is 5.75 Å². The molecule has 26 heavy (non-hydrogen) atoms. The zero-order valence-corrected chi connectivity index (χ0v) is 14.4. The maximum absolute atomic E-state index is 12.9. The minimum absolute atomic E-state index is 0.0753. The number of hydrogen-bond donors (Lipinski definition) is 1. The number of carbonyl (C=O) groups is 1. The Bertz CT molecular complexity index is 797. The Morgan fingerprint density at radius 2 is 2.12 bits per heavy atom. The third-order valence-electron chi connectivity index (χ3n) is 4.89. The highest BCUT2D eigenvalue weighted by Gasteiger charge is 2.28. The van der Waals surface area contributed by atoms with E-state index >= 15 is 0 Å². The summed E-state index contributed by atoms with van der Waals surface area (Å²) in [4.78, 5) is 23.2. The van der Waals surface area contributed by atoms with Crippen LogP contribution in [0.3, 0.4) is 0 Å². The van der Waals surface area contributed by atoms with Crippen molar-refractivity contribution >= 4 is 11.7 Å². The Kier molecular flexibility index (Phi) is 4.69. The molecule has 1 aliphatic heterocycles. The number of rotatable bonds is 5. The second-order valence-corrected chi connectivity index (χ2v) is 6.72. The fraction of sp³-hybridized carbons (Fsp3) is 0.421. The Labute approximate surface area is 151 Å². The highest BCUT2D eigenvalue weighted by Crippen LogP contribution is 2.29. The van der Waals surface area contributed by atoms with Gasteiger partial charge < -0.3 is 15.0 Å². The lowest BCUT2D eigenvalue weighted by molar-refractivity contribution is -0.123. The molecule has 2 aromatic rings. The van der Waals surface area contributed by atoms with Crippen molar-refractivity contribution in [1.82, 2.24) is 15.3 Å². The fourth-order valence-corrected chi connectivity index (χ4v) is 3.63. The molecule has 1 aromatic carbocycles. The molecule has 1 aromatic heterocycles. The Balaban J connectivity index is 1.30. The lowest BCUT2D eigenvalue weighted by Gasteiger charge is -2.20. The van der Waals surface area contributed by atoms with Crippen molar-refractivity contribution in [2.24, 2.45) is 0 Å². The normalized spacial score (nSPS) is 18.7. The third-order valence-corrected chi connectivity index (χ3v) is 4.89. The van der Waals surface area contributed by atoms with Crippen molar-refractivity contribution in [3.8, 4) is 5.75 Å². The van der Waals surface area contributed by atoms with Crippen molar-refractivity contribution in [3.05, 3.63) is 47.7 Å². The van der Waals surface area contributed by atoms with Crippen molar-refractivity contribution in [1.29, 1.82) is 0 Å². The van der Waals surface area contributed by atoms with Crippen LogP contribution >= 0.6 is 0 Å². The lowest BCUT2D eigenvalue weighted by atomic mass is 10.2. The van der Waals surface area contributed by atoms with Gasteiger partial charge in [0.1, 0.15) is 23.7 Å². The van der Waals surface area contributed by atoms with Crippen LogP contribution in [0.25, 0.3) is 0 Å². The average molecular weight is 356 g/mol. The van der Waals surface area contributed by atoms with Gasteiger partial charge in [0.15, 0.2) is 6.61 Å². The Morgan fingerprint density at radius 1 is 1.27 bits per heavy atom. The van der Waals surface area contributed by atoms with E-state index in [2.05, 4.69) is 20.2 Å². The summed E-state index contributed by atoms with van der Waals surface area (Å²) in [6.45, 7) is 1.53. The summed E-state index contributed by atoms with van der Waals surface area (Å²) in [6.07, 6.45) is 5.71. The zero-order chi connectivity index (χ0) is 17.9. The average Bonchev–Trinajstić information content (AvgIpc) is 3.30. The van der Waals surface area contributed by atoms with Crippen LogP contribution in [0.5, 0.6) is 5.75 Å². The van der Waals surface area contributed by atoms with Gasteiger partial charge in [-0.2, -0.15) is 0 Å². The first kappa shape index (κ1) is 16.8. The number of hydrogen-bond acceptors (Lipinski definition) is 5. The summed E-state index contributed by atoms with van der Waals surface area (Å²) in [7, 11) is 0. The van der Waals surface area contributed by atoms with E-state index in [1.165, 1.54) is 29.8 Å². The van der Waals surface area contributed by atoms with Crippen molar-refractivity contribution in [3.63, 3.8) is 0 Å². The summed E-state index contributed by atoms with van der Waals surface area (Å²) >= 11 is 0. The second-order valence-electron chi connectivity index (χ2n) is 6.72. The van der Waals surface area contributed by atoms with Gasteiger partial charge in [0.25, 0.3) is 5.91 Å². The van der Waals surface area contributed by atoms with E-state index in [-0.39, 0.29) is 24.4 Å². The number of aryl methyl sites for hydroxylation is 1. The number of ether oxygens (including phenoxy) is 1. The van der Waals surface area contributed by atoms with Gasteiger partial charge in [-0.15, -0.1) is 0 Å². The number of halogens is 1. The molecule has 1 aliphatic carbocycles. The van der Waals surface area contributed by atoms with E-state index < -0.39 is 0 Å². The molecule has 0 saturated carbocycles. The molecule has 136 valence electrons. The predicted molar refractivity (Wildman–Crippen MR) is 94.7 cm³/mol. The Morgan fingerprint density at radius 3 is 2.96 bits per heavy atom. The maximum Gasteiger partial charge on any atom is 0.258 e. The number of fused-ring (bicyclic) bond motifs is 1. The molecule has 1 saturated heterocycles. The van der Waals surface area contributed by atoms with Crippen molar-refractivity contribution in [2.75, 3.05) is 24.6 Å². The minimum Gasteiger partial charge on any atom is -0.484 e. The standard InChI is InChI=1S/C19H21FN4O2/c20-13-4-6-15(7-5-13)26-11-18(25)23-14-8-9-24(10-14)19-16-2-1-3-17(16)21-12-22-19/h4-7,12,14H,1-3,8-11H2,(H,23,25)/t14-/m0/s1. The number of aromatic nitrogens is 2. The molecule has 1 atom stereocenters. The summed E-state index contributed by atoms with van der Waals surface area (Å²) in [5, 5.41) is 3.00. The first-order chi connectivity index (χ1) is 12.7. The molecule has 2 aliphatic rings. The van der Waals surface area contributed by atoms with Gasteiger partial charge in [0.2, 0.25) is 0 Å². The molecule has 1 N–H and O–H groups in total. The predicted octanol–water partition coefficient (Wildman–Crippen LogP) is 1.88. The maximum atomic E-state index is 12.9. The van der Waals surface area contributed by atoms with E-state index in [1.807, 2.05) is 0 Å². The summed E-state index contributed by atoms with van der Waals surface area (Å²) < 4.78 is 18.3. The third kappa shape index (κ3) is 3.61. The van der Waals surface area contributed by atoms with E-state index in [9.17, 15) is 9.18 Å². The van der Waals surface area contributed by atoms with Gasteiger partial charge >= 0.3 is 0 Å². The van der Waals surface area contributed by atoms with Crippen LogP contribution in [0.4, 0.5) is 10.2 Å². The van der Waals surface area contributed by atoms with Gasteiger partial charge in [0, 0.05) is 30.4 Å². The topological polar surface area (TPSA) is 67.3 Å². The van der Waals surface area contributed by atoms with E-state index in [0.717, 1.165) is 50.3 Å². The second kappa shape index (κ2) is 7.27. The molecule has 4 rings (SSSR count). The van der Waals surface area contributed by atoms with E-state index in [4.69, 9.17) is 4.74 Å². The van der Waals surface area contributed by atoms with Crippen LogP contribution in [0.15, 0.2) is 30.6 Å². The molecule has 7 heteroatoms. The van der Waals surface area contributed by atoms with Crippen LogP contribution in [0, 0.1) is 5.82 Å². The lowest BCUT2D eigenvalue weighted by Crippen LogP contribution is -2.39. The number of nitrogens with one attached hydrogen (secondary N) is 1. The quantitative estimate of drug-likeness (QED) is 0.886. The van der Waals surface area contributed by atoms with Crippen LogP contribution in [-0.4, -0.2) is 41.6 Å². The number of carbonyl (C=O) groups excluding carboxylic acids is 1. The molecule has 6 nitrogen and oxygen atoms in total. The van der Waals surface area contributed by atoms with Crippen molar-refractivity contribution < 1.29 is 13.9 Å². The highest BCUT2D eigenvalue weighted by molar-refractivity contribution is 5.78. The van der Waals surface area contributed by atoms with E-state index in [1.54, 1.807) is 6.33 Å². The number of benzene rings is 1. The molecule has 2 heterocycles. The number of nitrogens with zero attached hydrogens (tertiary/aromatic N) is 3. The summed E-state index contributed by atoms with van der Waals surface area (Å²) in [5.74, 6) is 0.996. The number of amides is 1. The molecule has 0 bridgehead atoms. The molecule has 1 fully saturated rings. The van der Waals surface area contributed by atoms with Crippen LogP contribution < -0.4 is 15.0 Å². The monoisotopic (exact) mass is 356 g/mol. The van der Waals surface area contributed by atoms with Gasteiger partial charge in [0.05, 0.1) is 0 Å². The van der Waals surface area contributed by atoms with Crippen LogP contribution in [0.2, 0.25) is 0 Å². The van der Waals surface area contributed by atoms with Crippen LogP contribution in [-0.2, 0) is 17.6 Å². The van der Waals surface area contributed by atoms with Gasteiger partial charge in [-0.3, -0.25) is 4.79 Å². The summed E-state index contributed by atoms with van der Waals surface area (Å²) in [5.41, 5.74) is 2.43. The largest absolute Gasteiger partial charge is 0.484 e. The zero-order valence-electron chi connectivity index (χ0n) is 14.4. The molecule has 0 radical (unpaired) electrons. The van der Waals surface area contributed by atoms with Gasteiger partial charge in [-0.25, -0.2) is 14.4 Å². The minimum atomic E-state index is -0.330. The van der Waals surface area contributed by atoms with Gasteiger partial charge in [-0.1, -0.05) is 0 Å². The molecule has 0 spiro atoms. The van der Waals surface area contributed by atoms with Crippen LogP contribution in [0.1, 0.15) is 24.1 Å². The molecule has 1 amide bonds. The van der Waals surface area contributed by atoms with Gasteiger partial charge in [-0.05, 0) is 49.9 Å². The fourth-order valence-electron chi connectivity index (χ4n) is 3.63. The first-order valence-corrected chi connectivity index (χ1v) is 8.94. The van der Waals surface area contributed by atoms with Crippen molar-refractivity contribution in [2.45, 2.75) is 31.7 Å². The Hall–Kier alpha value is -2.70. The SMILES string of the molecule is O=C(COc1ccc(F)cc1)N[C@H]1CCN(c2ncnc3c2CCC3)C1. The summed E-state index contributed by atoms with van der Waals surface area (Å²) in [6, 6.07) is 5.71.